The predicted molar refractivity (Wildman–Crippen MR) is 201 cm³/mol. The Kier molecular flexibility index (Phi) is 12.5. The molecule has 0 bridgehead atoms. The van der Waals surface area contributed by atoms with Gasteiger partial charge in [-0.05, 0) is 68.0 Å². The second kappa shape index (κ2) is 17.2. The van der Waals surface area contributed by atoms with Gasteiger partial charge in [0.05, 0.1) is 27.6 Å². The van der Waals surface area contributed by atoms with E-state index >= 15 is 0 Å². The summed E-state index contributed by atoms with van der Waals surface area (Å²) in [5.74, 6) is -0.570. The Morgan fingerprint density at radius 3 is 2.43 bits per heavy atom. The third-order valence-electron chi connectivity index (χ3n) is 7.03. The number of thioether (sulfide) groups is 1. The molecule has 12 heteroatoms. The van der Waals surface area contributed by atoms with Crippen molar-refractivity contribution in [2.75, 3.05) is 17.2 Å². The van der Waals surface area contributed by atoms with E-state index in [9.17, 15) is 14.4 Å². The Bertz CT molecular complexity index is 1980. The molecule has 0 spiro atoms. The highest BCUT2D eigenvalue weighted by Gasteiger charge is 2.21. The second-order valence-corrected chi connectivity index (χ2v) is 13.5. The summed E-state index contributed by atoms with van der Waals surface area (Å²) >= 11 is 14.9. The number of amides is 3. The summed E-state index contributed by atoms with van der Waals surface area (Å²) in [4.78, 5) is 45.4. The molecule has 0 saturated heterocycles. The Balaban J connectivity index is 1.29. The maximum Gasteiger partial charge on any atom is 0.272 e. The minimum absolute atomic E-state index is 0.0357. The molecule has 0 aliphatic heterocycles. The van der Waals surface area contributed by atoms with Crippen molar-refractivity contribution in [3.63, 3.8) is 0 Å². The summed E-state index contributed by atoms with van der Waals surface area (Å²) in [6.07, 6.45) is 2.14. The fraction of sp³-hybridized carbons (Fsp3) is 0.135. The Labute approximate surface area is 302 Å². The molecule has 1 atom stereocenters. The van der Waals surface area contributed by atoms with Gasteiger partial charge in [-0.1, -0.05) is 78.7 Å². The van der Waals surface area contributed by atoms with E-state index in [0.29, 0.717) is 56.5 Å². The van der Waals surface area contributed by atoms with E-state index in [-0.39, 0.29) is 11.6 Å². The normalized spacial score (nSPS) is 11.8. The van der Waals surface area contributed by atoms with Crippen molar-refractivity contribution in [3.05, 3.63) is 129 Å². The number of ether oxygens (including phenoxy) is 1. The number of halogens is 2. The van der Waals surface area contributed by atoms with Crippen LogP contribution in [0, 0.1) is 0 Å². The van der Waals surface area contributed by atoms with Gasteiger partial charge in [0.2, 0.25) is 5.91 Å². The first-order chi connectivity index (χ1) is 23.7. The molecule has 5 aromatic rings. The number of para-hydroxylation sites is 1. The number of nitrogens with one attached hydrogen (secondary N) is 3. The van der Waals surface area contributed by atoms with Crippen molar-refractivity contribution in [2.45, 2.75) is 30.4 Å². The van der Waals surface area contributed by atoms with Gasteiger partial charge in [0.15, 0.2) is 5.13 Å². The lowest BCUT2D eigenvalue weighted by Gasteiger charge is -2.15. The lowest BCUT2D eigenvalue weighted by Crippen LogP contribution is -2.30. The predicted octanol–water partition coefficient (Wildman–Crippen LogP) is 9.43. The van der Waals surface area contributed by atoms with Gasteiger partial charge >= 0.3 is 0 Å². The topological polar surface area (TPSA) is 109 Å². The van der Waals surface area contributed by atoms with Crippen molar-refractivity contribution in [2.24, 2.45) is 0 Å². The number of carbonyl (C=O) groups excluding carboxylic acids is 3. The summed E-state index contributed by atoms with van der Waals surface area (Å²) in [5.41, 5.74) is 3.04. The minimum Gasteiger partial charge on any atom is -0.493 e. The van der Waals surface area contributed by atoms with Gasteiger partial charge in [-0.15, -0.1) is 23.1 Å². The Morgan fingerprint density at radius 1 is 0.898 bits per heavy atom. The molecule has 0 saturated carbocycles. The van der Waals surface area contributed by atoms with Gasteiger partial charge < -0.3 is 20.7 Å². The maximum absolute atomic E-state index is 13.7. The molecule has 0 aliphatic carbocycles. The van der Waals surface area contributed by atoms with Crippen molar-refractivity contribution in [1.29, 1.82) is 0 Å². The van der Waals surface area contributed by atoms with Gasteiger partial charge in [-0.3, -0.25) is 14.4 Å². The molecule has 49 heavy (non-hydrogen) atoms. The van der Waals surface area contributed by atoms with Crippen LogP contribution < -0.4 is 20.7 Å². The van der Waals surface area contributed by atoms with Crippen LogP contribution in [0.1, 0.15) is 36.2 Å². The molecule has 5 rings (SSSR count). The van der Waals surface area contributed by atoms with Crippen LogP contribution in [0.4, 0.5) is 10.8 Å². The number of thiazole rings is 1. The summed E-state index contributed by atoms with van der Waals surface area (Å²) in [6.45, 7) is 4.24. The largest absolute Gasteiger partial charge is 0.493 e. The van der Waals surface area contributed by atoms with Crippen LogP contribution in [0.2, 0.25) is 10.0 Å². The molecule has 4 aromatic carbocycles. The number of carbonyl (C=O) groups is 3. The fourth-order valence-corrected chi connectivity index (χ4v) is 6.66. The Hall–Kier alpha value is -4.61. The first-order valence-electron chi connectivity index (χ1n) is 15.3. The SMILES string of the molecule is CCOc1ccccc1/C=C(/NC(=O)c1ccccc1)C(=O)Nc1cccc(SC(CC)C(=O)Nc2nc(-c3ccc(Cl)c(Cl)c3)cs2)c1. The first kappa shape index (κ1) is 35.7. The van der Waals surface area contributed by atoms with E-state index in [4.69, 9.17) is 27.9 Å². The van der Waals surface area contributed by atoms with E-state index in [0.717, 1.165) is 10.5 Å². The Morgan fingerprint density at radius 2 is 1.67 bits per heavy atom. The number of anilines is 2. The van der Waals surface area contributed by atoms with E-state index in [2.05, 4.69) is 20.9 Å². The van der Waals surface area contributed by atoms with Gasteiger partial charge in [-0.25, -0.2) is 4.98 Å². The molecule has 3 N–H and O–H groups in total. The molecule has 8 nitrogen and oxygen atoms in total. The average Bonchev–Trinajstić information content (AvgIpc) is 3.57. The highest BCUT2D eigenvalue weighted by atomic mass is 35.5. The molecule has 1 unspecified atom stereocenters. The monoisotopic (exact) mass is 730 g/mol. The van der Waals surface area contributed by atoms with E-state index in [1.165, 1.54) is 23.1 Å². The van der Waals surface area contributed by atoms with Crippen LogP contribution in [0.3, 0.4) is 0 Å². The molecule has 0 fully saturated rings. The van der Waals surface area contributed by atoms with E-state index in [1.54, 1.807) is 72.8 Å². The third kappa shape index (κ3) is 9.73. The molecule has 1 aromatic heterocycles. The standard InChI is InChI=1S/C37H32Cl2N4O4S2/c1-3-33(36(46)43-37-42-31(22-48-37)24-17-18-28(38)29(39)19-24)49-27-15-10-14-26(21-27)40-35(45)30(41-34(44)23-11-6-5-7-12-23)20-25-13-8-9-16-32(25)47-4-2/h5-22,33H,3-4H2,1-2H3,(H,40,45)(H,41,44)(H,42,43,46)/b30-20+. The van der Waals surface area contributed by atoms with Gasteiger partial charge in [-0.2, -0.15) is 0 Å². The van der Waals surface area contributed by atoms with Crippen molar-refractivity contribution < 1.29 is 19.1 Å². The molecular weight excluding hydrogens is 699 g/mol. The number of hydrogen-bond acceptors (Lipinski definition) is 7. The number of rotatable bonds is 13. The smallest absolute Gasteiger partial charge is 0.272 e. The fourth-order valence-electron chi connectivity index (χ4n) is 4.62. The van der Waals surface area contributed by atoms with Crippen molar-refractivity contribution in [3.8, 4) is 17.0 Å². The average molecular weight is 732 g/mol. The van der Waals surface area contributed by atoms with Gasteiger partial charge in [0, 0.05) is 32.7 Å². The zero-order valence-electron chi connectivity index (χ0n) is 26.5. The van der Waals surface area contributed by atoms with Gasteiger partial charge in [0.1, 0.15) is 11.4 Å². The maximum atomic E-state index is 13.7. The highest BCUT2D eigenvalue weighted by molar-refractivity contribution is 8.00. The second-order valence-electron chi connectivity index (χ2n) is 10.5. The summed E-state index contributed by atoms with van der Waals surface area (Å²) in [5, 5.41) is 11.3. The molecular formula is C37H32Cl2N4O4S2. The van der Waals surface area contributed by atoms with Crippen LogP contribution in [-0.4, -0.2) is 34.6 Å². The molecule has 0 radical (unpaired) electrons. The molecule has 3 amide bonds. The zero-order chi connectivity index (χ0) is 34.8. The molecule has 0 aliphatic rings. The summed E-state index contributed by atoms with van der Waals surface area (Å²) in [7, 11) is 0. The summed E-state index contributed by atoms with van der Waals surface area (Å²) in [6, 6.07) is 28.4. The number of nitrogens with zero attached hydrogens (tertiary/aromatic N) is 1. The number of aromatic nitrogens is 1. The summed E-state index contributed by atoms with van der Waals surface area (Å²) < 4.78 is 5.74. The number of benzene rings is 4. The highest BCUT2D eigenvalue weighted by Crippen LogP contribution is 2.32. The van der Waals surface area contributed by atoms with E-state index < -0.39 is 17.1 Å². The first-order valence-corrected chi connectivity index (χ1v) is 17.8. The van der Waals surface area contributed by atoms with Gasteiger partial charge in [0.25, 0.3) is 11.8 Å². The zero-order valence-corrected chi connectivity index (χ0v) is 29.7. The van der Waals surface area contributed by atoms with Crippen LogP contribution in [0.25, 0.3) is 17.3 Å². The number of hydrogen-bond donors (Lipinski definition) is 3. The molecule has 250 valence electrons. The van der Waals surface area contributed by atoms with Crippen LogP contribution >= 0.6 is 46.3 Å². The van der Waals surface area contributed by atoms with Crippen LogP contribution in [0.15, 0.2) is 113 Å². The lowest BCUT2D eigenvalue weighted by molar-refractivity contribution is -0.116. The van der Waals surface area contributed by atoms with Crippen LogP contribution in [0.5, 0.6) is 5.75 Å². The van der Waals surface area contributed by atoms with Crippen molar-refractivity contribution >= 4 is 80.9 Å². The molecule has 1 heterocycles. The third-order valence-corrected chi connectivity index (χ3v) is 9.89. The minimum atomic E-state index is -0.524. The quantitative estimate of drug-likeness (QED) is 0.0823. The lowest BCUT2D eigenvalue weighted by atomic mass is 10.1. The van der Waals surface area contributed by atoms with Crippen LogP contribution in [-0.2, 0) is 9.59 Å². The van der Waals surface area contributed by atoms with E-state index in [1.807, 2.05) is 49.6 Å². The van der Waals surface area contributed by atoms with Crippen molar-refractivity contribution in [1.82, 2.24) is 10.3 Å².